The molecule has 4 aromatic rings. The molecule has 5 rings (SSSR count). The van der Waals surface area contributed by atoms with Gasteiger partial charge >= 0.3 is 0 Å². The van der Waals surface area contributed by atoms with Gasteiger partial charge in [-0.1, -0.05) is 55.5 Å². The number of Topliss-reactive ketones (excluding diaryl/α,β-unsaturated/α-hetero) is 1. The van der Waals surface area contributed by atoms with Crippen molar-refractivity contribution in [3.63, 3.8) is 0 Å². The first-order valence-corrected chi connectivity index (χ1v) is 14.4. The standard InChI is InChI=1S/C33H36FNOS/c1-4-22-9-10-25(23-11-15-27(34)16-12-23)19-26(22)20-30(24-13-17-28(35-3)18-14-24)32(36)33-21(2)29-7-5-6-8-31(29)37-33/h5-12,15-16,19,24,28,30,35H,4,13-14,17-18,20H2,1-3H3. The summed E-state index contributed by atoms with van der Waals surface area (Å²) in [5.74, 6) is 0.413. The van der Waals surface area contributed by atoms with Gasteiger partial charge in [0.25, 0.3) is 0 Å². The highest BCUT2D eigenvalue weighted by Crippen LogP contribution is 2.39. The molecule has 1 heterocycles. The molecule has 1 aliphatic rings. The van der Waals surface area contributed by atoms with Crippen LogP contribution in [0, 0.1) is 24.6 Å². The van der Waals surface area contributed by atoms with Gasteiger partial charge in [-0.05, 0) is 110 Å². The van der Waals surface area contributed by atoms with Crippen LogP contribution in [0.1, 0.15) is 59.0 Å². The van der Waals surface area contributed by atoms with Crippen LogP contribution in [-0.2, 0) is 12.8 Å². The van der Waals surface area contributed by atoms with Gasteiger partial charge in [-0.25, -0.2) is 4.39 Å². The summed E-state index contributed by atoms with van der Waals surface area (Å²) >= 11 is 1.65. The molecule has 0 bridgehead atoms. The first kappa shape index (κ1) is 25.8. The van der Waals surface area contributed by atoms with Gasteiger partial charge in [-0.3, -0.25) is 4.79 Å². The molecule has 192 valence electrons. The fourth-order valence-electron chi connectivity index (χ4n) is 6.08. The van der Waals surface area contributed by atoms with Crippen LogP contribution in [0.25, 0.3) is 21.2 Å². The lowest BCUT2D eigenvalue weighted by molar-refractivity contribution is 0.0839. The Bertz CT molecular complexity index is 1380. The third kappa shape index (κ3) is 5.42. The van der Waals surface area contributed by atoms with E-state index in [2.05, 4.69) is 61.6 Å². The lowest BCUT2D eigenvalue weighted by atomic mass is 9.73. The van der Waals surface area contributed by atoms with Crippen molar-refractivity contribution in [2.75, 3.05) is 7.05 Å². The topological polar surface area (TPSA) is 29.1 Å². The molecule has 1 N–H and O–H groups in total. The summed E-state index contributed by atoms with van der Waals surface area (Å²) in [5.41, 5.74) is 5.74. The maximum Gasteiger partial charge on any atom is 0.176 e. The third-order valence-electron chi connectivity index (χ3n) is 8.36. The monoisotopic (exact) mass is 513 g/mol. The SMILES string of the molecule is CCc1ccc(-c2ccc(F)cc2)cc1CC(C(=O)c1sc2ccccc2c1C)C1CCC(NC)CC1. The number of nitrogens with one attached hydrogen (secondary N) is 1. The molecule has 0 saturated heterocycles. The molecule has 1 saturated carbocycles. The van der Waals surface area contributed by atoms with Gasteiger partial charge in [0.15, 0.2) is 5.78 Å². The average Bonchev–Trinajstić information content (AvgIpc) is 3.28. The Hall–Kier alpha value is -2.82. The summed E-state index contributed by atoms with van der Waals surface area (Å²) in [6.07, 6.45) is 6.06. The number of halogens is 1. The zero-order valence-corrected chi connectivity index (χ0v) is 22.8. The Labute approximate surface area is 223 Å². The fourth-order valence-corrected chi connectivity index (χ4v) is 7.29. The molecule has 0 aliphatic heterocycles. The second kappa shape index (κ2) is 11.3. The number of ketones is 1. The second-order valence-corrected chi connectivity index (χ2v) is 11.5. The summed E-state index contributed by atoms with van der Waals surface area (Å²) < 4.78 is 14.7. The predicted molar refractivity (Wildman–Crippen MR) is 154 cm³/mol. The van der Waals surface area contributed by atoms with Crippen LogP contribution < -0.4 is 5.32 Å². The first-order chi connectivity index (χ1) is 18.0. The van der Waals surface area contributed by atoms with Crippen LogP contribution in [-0.4, -0.2) is 18.9 Å². The van der Waals surface area contributed by atoms with E-state index in [9.17, 15) is 9.18 Å². The number of hydrogen-bond acceptors (Lipinski definition) is 3. The number of rotatable bonds is 8. The number of benzene rings is 3. The molecule has 37 heavy (non-hydrogen) atoms. The average molecular weight is 514 g/mol. The molecule has 1 aliphatic carbocycles. The lowest BCUT2D eigenvalue weighted by Gasteiger charge is -2.33. The Kier molecular flexibility index (Phi) is 7.87. The Balaban J connectivity index is 1.52. The van der Waals surface area contributed by atoms with E-state index in [0.29, 0.717) is 17.7 Å². The van der Waals surface area contributed by atoms with Gasteiger partial charge < -0.3 is 5.32 Å². The van der Waals surface area contributed by atoms with Crippen LogP contribution in [0.5, 0.6) is 0 Å². The molecule has 0 spiro atoms. The van der Waals surface area contributed by atoms with E-state index in [-0.39, 0.29) is 11.7 Å². The lowest BCUT2D eigenvalue weighted by Crippen LogP contribution is -2.35. The van der Waals surface area contributed by atoms with E-state index in [4.69, 9.17) is 0 Å². The maximum absolute atomic E-state index is 14.3. The van der Waals surface area contributed by atoms with E-state index in [0.717, 1.165) is 60.1 Å². The highest BCUT2D eigenvalue weighted by molar-refractivity contribution is 7.21. The van der Waals surface area contributed by atoms with Gasteiger partial charge in [-0.15, -0.1) is 11.3 Å². The van der Waals surface area contributed by atoms with Crippen molar-refractivity contribution in [1.29, 1.82) is 0 Å². The van der Waals surface area contributed by atoms with Gasteiger partial charge in [0, 0.05) is 16.7 Å². The summed E-state index contributed by atoms with van der Waals surface area (Å²) in [4.78, 5) is 15.3. The van der Waals surface area contributed by atoms with E-state index < -0.39 is 0 Å². The summed E-state index contributed by atoms with van der Waals surface area (Å²) in [5, 5.41) is 4.63. The minimum absolute atomic E-state index is 0.0432. The van der Waals surface area contributed by atoms with Crippen molar-refractivity contribution in [3.8, 4) is 11.1 Å². The molecule has 4 heteroatoms. The van der Waals surface area contributed by atoms with Crippen LogP contribution >= 0.6 is 11.3 Å². The Morgan fingerprint density at radius 2 is 1.68 bits per heavy atom. The van der Waals surface area contributed by atoms with Crippen LogP contribution in [0.4, 0.5) is 4.39 Å². The number of carbonyl (C=O) groups is 1. The van der Waals surface area contributed by atoms with Gasteiger partial charge in [0.05, 0.1) is 4.88 Å². The van der Waals surface area contributed by atoms with E-state index in [1.807, 2.05) is 19.2 Å². The number of thiophene rings is 1. The van der Waals surface area contributed by atoms with Gasteiger partial charge in [0.1, 0.15) is 5.82 Å². The zero-order chi connectivity index (χ0) is 25.9. The molecular formula is C33H36FNOS. The minimum Gasteiger partial charge on any atom is -0.317 e. The molecule has 0 radical (unpaired) electrons. The number of aryl methyl sites for hydroxylation is 2. The highest BCUT2D eigenvalue weighted by atomic mass is 32.1. The van der Waals surface area contributed by atoms with Crippen molar-refractivity contribution in [2.24, 2.45) is 11.8 Å². The maximum atomic E-state index is 14.3. The van der Waals surface area contributed by atoms with Crippen molar-refractivity contribution >= 4 is 27.2 Å². The molecular weight excluding hydrogens is 477 g/mol. The van der Waals surface area contributed by atoms with Crippen molar-refractivity contribution in [1.82, 2.24) is 5.32 Å². The quantitative estimate of drug-likeness (QED) is 0.240. The molecule has 1 unspecified atom stereocenters. The normalized spacial score (nSPS) is 18.7. The smallest absolute Gasteiger partial charge is 0.176 e. The number of hydrogen-bond donors (Lipinski definition) is 1. The van der Waals surface area contributed by atoms with Crippen molar-refractivity contribution in [3.05, 3.63) is 94.1 Å². The van der Waals surface area contributed by atoms with E-state index in [1.165, 1.54) is 33.3 Å². The minimum atomic E-state index is -0.226. The van der Waals surface area contributed by atoms with E-state index >= 15 is 0 Å². The molecule has 1 fully saturated rings. The van der Waals surface area contributed by atoms with Gasteiger partial charge in [-0.2, -0.15) is 0 Å². The number of carbonyl (C=O) groups excluding carboxylic acids is 1. The van der Waals surface area contributed by atoms with Crippen LogP contribution in [0.15, 0.2) is 66.7 Å². The zero-order valence-electron chi connectivity index (χ0n) is 22.0. The molecule has 1 aromatic heterocycles. The molecule has 1 atom stereocenters. The van der Waals surface area contributed by atoms with Crippen LogP contribution in [0.2, 0.25) is 0 Å². The van der Waals surface area contributed by atoms with Crippen molar-refractivity contribution in [2.45, 2.75) is 58.4 Å². The van der Waals surface area contributed by atoms with E-state index in [1.54, 1.807) is 11.3 Å². The molecule has 0 amide bonds. The van der Waals surface area contributed by atoms with Crippen LogP contribution in [0.3, 0.4) is 0 Å². The highest BCUT2D eigenvalue weighted by Gasteiger charge is 2.34. The fraction of sp³-hybridized carbons (Fsp3) is 0.364. The molecule has 3 aromatic carbocycles. The predicted octanol–water partition coefficient (Wildman–Crippen LogP) is 8.40. The second-order valence-electron chi connectivity index (χ2n) is 10.5. The summed E-state index contributed by atoms with van der Waals surface area (Å²) in [6, 6.07) is 22.2. The summed E-state index contributed by atoms with van der Waals surface area (Å²) in [6.45, 7) is 4.29. The largest absolute Gasteiger partial charge is 0.317 e. The third-order valence-corrected chi connectivity index (χ3v) is 9.65. The first-order valence-electron chi connectivity index (χ1n) is 13.6. The Morgan fingerprint density at radius 1 is 0.973 bits per heavy atom. The van der Waals surface area contributed by atoms with Gasteiger partial charge in [0.2, 0.25) is 0 Å². The molecule has 2 nitrogen and oxygen atoms in total. The Morgan fingerprint density at radius 3 is 2.35 bits per heavy atom. The number of fused-ring (bicyclic) bond motifs is 1. The van der Waals surface area contributed by atoms with Crippen molar-refractivity contribution < 1.29 is 9.18 Å². The summed E-state index contributed by atoms with van der Waals surface area (Å²) in [7, 11) is 2.04.